The van der Waals surface area contributed by atoms with E-state index in [9.17, 15) is 4.79 Å². The lowest BCUT2D eigenvalue weighted by atomic mass is 10.2. The van der Waals surface area contributed by atoms with Crippen LogP contribution >= 0.6 is 22.9 Å². The molecule has 0 aliphatic heterocycles. The summed E-state index contributed by atoms with van der Waals surface area (Å²) >= 11 is 7.54. The molecule has 1 amide bonds. The molecule has 2 aromatic heterocycles. The average molecular weight is 358 g/mol. The minimum Gasteiger partial charge on any atom is -0.326 e. The molecule has 1 aromatic carbocycles. The summed E-state index contributed by atoms with van der Waals surface area (Å²) in [6, 6.07) is 9.31. The van der Waals surface area contributed by atoms with Crippen molar-refractivity contribution in [2.24, 2.45) is 0 Å². The highest BCUT2D eigenvalue weighted by atomic mass is 35.5. The number of carbonyl (C=O) groups is 1. The monoisotopic (exact) mass is 357 g/mol. The number of thiazole rings is 1. The molecule has 3 rings (SSSR count). The van der Waals surface area contributed by atoms with Gasteiger partial charge in [0.1, 0.15) is 0 Å². The molecular formula is C18H16ClN3OS. The highest BCUT2D eigenvalue weighted by Gasteiger charge is 2.09. The summed E-state index contributed by atoms with van der Waals surface area (Å²) in [5.41, 5.74) is 3.70. The number of nitrogens with zero attached hydrogens (tertiary/aromatic N) is 2. The largest absolute Gasteiger partial charge is 0.326 e. The molecule has 24 heavy (non-hydrogen) atoms. The van der Waals surface area contributed by atoms with Crippen LogP contribution in [-0.2, 0) is 11.2 Å². The molecule has 0 radical (unpaired) electrons. The molecule has 1 N–H and O–H groups in total. The number of carbonyl (C=O) groups excluding carboxylic acids is 1. The van der Waals surface area contributed by atoms with Crippen molar-refractivity contribution < 1.29 is 4.79 Å². The predicted molar refractivity (Wildman–Crippen MR) is 98.5 cm³/mol. The molecule has 4 nitrogen and oxygen atoms in total. The zero-order valence-electron chi connectivity index (χ0n) is 13.1. The predicted octanol–water partition coefficient (Wildman–Crippen LogP) is 4.74. The molecule has 0 saturated heterocycles. The van der Waals surface area contributed by atoms with Crippen molar-refractivity contribution in [3.8, 4) is 11.3 Å². The van der Waals surface area contributed by atoms with Crippen LogP contribution in [0.4, 0.5) is 5.69 Å². The number of anilines is 1. The van der Waals surface area contributed by atoms with Gasteiger partial charge in [0.05, 0.1) is 10.7 Å². The van der Waals surface area contributed by atoms with Crippen LogP contribution in [0.1, 0.15) is 17.0 Å². The Morgan fingerprint density at radius 3 is 2.83 bits per heavy atom. The van der Waals surface area contributed by atoms with Gasteiger partial charge in [-0.3, -0.25) is 9.78 Å². The number of aromatic nitrogens is 2. The fraction of sp³-hybridized carbons (Fsp3) is 0.167. The quantitative estimate of drug-likeness (QED) is 0.717. The van der Waals surface area contributed by atoms with Crippen LogP contribution in [0.2, 0.25) is 5.02 Å². The van der Waals surface area contributed by atoms with Gasteiger partial charge in [-0.1, -0.05) is 17.7 Å². The second-order valence-electron chi connectivity index (χ2n) is 5.37. The van der Waals surface area contributed by atoms with Crippen LogP contribution in [0.15, 0.2) is 48.1 Å². The molecule has 0 saturated carbocycles. The first-order valence-corrected chi connectivity index (χ1v) is 8.78. The summed E-state index contributed by atoms with van der Waals surface area (Å²) in [7, 11) is 0. The lowest BCUT2D eigenvalue weighted by molar-refractivity contribution is -0.116. The summed E-state index contributed by atoms with van der Waals surface area (Å²) in [5.74, 6) is -0.0407. The van der Waals surface area contributed by atoms with Gasteiger partial charge >= 0.3 is 0 Å². The van der Waals surface area contributed by atoms with E-state index in [-0.39, 0.29) is 5.91 Å². The van der Waals surface area contributed by atoms with Crippen molar-refractivity contribution >= 4 is 34.5 Å². The molecule has 0 aliphatic carbocycles. The Hall–Kier alpha value is -2.24. The van der Waals surface area contributed by atoms with Crippen molar-refractivity contribution in [3.63, 3.8) is 0 Å². The van der Waals surface area contributed by atoms with E-state index >= 15 is 0 Å². The molecule has 0 spiro atoms. The van der Waals surface area contributed by atoms with Gasteiger partial charge in [-0.25, -0.2) is 4.98 Å². The van der Waals surface area contributed by atoms with E-state index < -0.39 is 0 Å². The summed E-state index contributed by atoms with van der Waals surface area (Å²) < 4.78 is 0. The maximum Gasteiger partial charge on any atom is 0.224 e. The third-order valence-corrected chi connectivity index (χ3v) is 4.71. The van der Waals surface area contributed by atoms with Crippen LogP contribution in [0, 0.1) is 6.92 Å². The molecule has 0 bridgehead atoms. The van der Waals surface area contributed by atoms with E-state index in [1.54, 1.807) is 29.8 Å². The van der Waals surface area contributed by atoms with Gasteiger partial charge in [-0.2, -0.15) is 0 Å². The van der Waals surface area contributed by atoms with Gasteiger partial charge in [0.15, 0.2) is 0 Å². The zero-order valence-corrected chi connectivity index (χ0v) is 14.7. The minimum absolute atomic E-state index is 0.0407. The second kappa shape index (κ2) is 7.55. The Balaban J connectivity index is 1.59. The molecular weight excluding hydrogens is 342 g/mol. The van der Waals surface area contributed by atoms with Crippen LogP contribution in [-0.4, -0.2) is 15.9 Å². The van der Waals surface area contributed by atoms with E-state index in [0.717, 1.165) is 27.5 Å². The Bertz CT molecular complexity index is 848. The molecule has 6 heteroatoms. The molecule has 0 unspecified atom stereocenters. The smallest absolute Gasteiger partial charge is 0.224 e. The zero-order chi connectivity index (χ0) is 16.9. The number of aryl methyl sites for hydroxylation is 2. The number of benzene rings is 1. The standard InChI is InChI=1S/C18H16ClN3OS/c1-12-2-3-14(19)10-15(12)21-17(23)4-5-18-22-16(11-24-18)13-6-8-20-9-7-13/h2-3,6-11H,4-5H2,1H3,(H,21,23). The summed E-state index contributed by atoms with van der Waals surface area (Å²) in [6.07, 6.45) is 4.49. The van der Waals surface area contributed by atoms with E-state index in [1.807, 2.05) is 36.6 Å². The van der Waals surface area contributed by atoms with Gasteiger partial charge in [-0.15, -0.1) is 11.3 Å². The molecule has 0 aliphatic rings. The second-order valence-corrected chi connectivity index (χ2v) is 6.75. The highest BCUT2D eigenvalue weighted by Crippen LogP contribution is 2.23. The van der Waals surface area contributed by atoms with Gasteiger partial charge in [0, 0.05) is 46.9 Å². The van der Waals surface area contributed by atoms with E-state index in [1.165, 1.54) is 0 Å². The maximum atomic E-state index is 12.1. The van der Waals surface area contributed by atoms with Crippen LogP contribution in [0.5, 0.6) is 0 Å². The molecule has 122 valence electrons. The third kappa shape index (κ3) is 4.19. The van der Waals surface area contributed by atoms with Gasteiger partial charge in [-0.05, 0) is 36.8 Å². The van der Waals surface area contributed by atoms with Crippen molar-refractivity contribution in [2.45, 2.75) is 19.8 Å². The molecule has 3 aromatic rings. The summed E-state index contributed by atoms with van der Waals surface area (Å²) in [4.78, 5) is 20.7. The first-order valence-electron chi connectivity index (χ1n) is 7.52. The fourth-order valence-corrected chi connectivity index (χ4v) is 3.22. The number of rotatable bonds is 5. The average Bonchev–Trinajstić information content (AvgIpc) is 3.06. The third-order valence-electron chi connectivity index (χ3n) is 3.57. The maximum absolute atomic E-state index is 12.1. The Labute approximate surface area is 149 Å². The lowest BCUT2D eigenvalue weighted by Gasteiger charge is -2.08. The van der Waals surface area contributed by atoms with E-state index in [2.05, 4.69) is 15.3 Å². The SMILES string of the molecule is Cc1ccc(Cl)cc1NC(=O)CCc1nc(-c2ccncc2)cs1. The Kier molecular flexibility index (Phi) is 5.23. The number of nitrogens with one attached hydrogen (secondary N) is 1. The van der Waals surface area contributed by atoms with Crippen molar-refractivity contribution in [2.75, 3.05) is 5.32 Å². The molecule has 0 atom stereocenters. The number of amides is 1. The number of halogens is 1. The molecule has 0 fully saturated rings. The summed E-state index contributed by atoms with van der Waals surface area (Å²) in [5, 5.41) is 6.46. The normalized spacial score (nSPS) is 10.6. The van der Waals surface area contributed by atoms with Gasteiger partial charge in [0.2, 0.25) is 5.91 Å². The van der Waals surface area contributed by atoms with Crippen molar-refractivity contribution in [3.05, 3.63) is 63.7 Å². The van der Waals surface area contributed by atoms with Gasteiger partial charge < -0.3 is 5.32 Å². The van der Waals surface area contributed by atoms with E-state index in [0.29, 0.717) is 17.9 Å². The van der Waals surface area contributed by atoms with Crippen LogP contribution in [0.3, 0.4) is 0 Å². The van der Waals surface area contributed by atoms with Crippen LogP contribution < -0.4 is 5.32 Å². The first-order chi connectivity index (χ1) is 11.6. The molecule has 2 heterocycles. The van der Waals surface area contributed by atoms with Crippen molar-refractivity contribution in [1.82, 2.24) is 9.97 Å². The topological polar surface area (TPSA) is 54.9 Å². The lowest BCUT2D eigenvalue weighted by Crippen LogP contribution is -2.13. The number of hydrogen-bond acceptors (Lipinski definition) is 4. The fourth-order valence-electron chi connectivity index (χ4n) is 2.24. The summed E-state index contributed by atoms with van der Waals surface area (Å²) in [6.45, 7) is 1.94. The number of hydrogen-bond donors (Lipinski definition) is 1. The first kappa shape index (κ1) is 16.6. The minimum atomic E-state index is -0.0407. The van der Waals surface area contributed by atoms with E-state index in [4.69, 9.17) is 11.6 Å². The van der Waals surface area contributed by atoms with Crippen molar-refractivity contribution in [1.29, 1.82) is 0 Å². The van der Waals surface area contributed by atoms with Gasteiger partial charge in [0.25, 0.3) is 0 Å². The Morgan fingerprint density at radius 2 is 2.04 bits per heavy atom. The Morgan fingerprint density at radius 1 is 1.25 bits per heavy atom. The highest BCUT2D eigenvalue weighted by molar-refractivity contribution is 7.09. The number of pyridine rings is 1. The van der Waals surface area contributed by atoms with Crippen LogP contribution in [0.25, 0.3) is 11.3 Å².